The highest BCUT2D eigenvalue weighted by molar-refractivity contribution is 7.99. The third-order valence-electron chi connectivity index (χ3n) is 4.29. The zero-order valence-corrected chi connectivity index (χ0v) is 20.1. The molecule has 0 aliphatic carbocycles. The van der Waals surface area contributed by atoms with Gasteiger partial charge in [0.1, 0.15) is 16.5 Å². The van der Waals surface area contributed by atoms with Gasteiger partial charge in [-0.15, -0.1) is 27.0 Å². The van der Waals surface area contributed by atoms with Crippen molar-refractivity contribution >= 4 is 34.1 Å². The lowest BCUT2D eigenvalue weighted by molar-refractivity contribution is -0.113. The van der Waals surface area contributed by atoms with E-state index in [4.69, 9.17) is 9.47 Å². The molecule has 11 heteroatoms. The monoisotopic (exact) mass is 474 g/mol. The number of allylic oxidation sites excluding steroid dienone is 1. The molecule has 0 saturated heterocycles. The number of nitrogens with zero attached hydrogens (tertiary/aromatic N) is 5. The lowest BCUT2D eigenvalue weighted by atomic mass is 10.2. The van der Waals surface area contributed by atoms with Crippen LogP contribution in [0.3, 0.4) is 0 Å². The highest BCUT2D eigenvalue weighted by Gasteiger charge is 2.20. The lowest BCUT2D eigenvalue weighted by Gasteiger charge is -2.16. The number of hydrogen-bond acceptors (Lipinski definition) is 9. The summed E-state index contributed by atoms with van der Waals surface area (Å²) in [6.45, 7) is 10.3. The van der Waals surface area contributed by atoms with E-state index in [9.17, 15) is 4.79 Å². The second-order valence-electron chi connectivity index (χ2n) is 7.12. The number of methoxy groups -OCH3 is 1. The van der Waals surface area contributed by atoms with E-state index in [0.29, 0.717) is 34.2 Å². The van der Waals surface area contributed by atoms with E-state index in [1.807, 2.05) is 49.6 Å². The summed E-state index contributed by atoms with van der Waals surface area (Å²) in [7, 11) is 1.61. The molecule has 1 aromatic carbocycles. The first-order chi connectivity index (χ1) is 15.4. The van der Waals surface area contributed by atoms with Crippen LogP contribution in [0.15, 0.2) is 42.1 Å². The molecule has 0 aliphatic rings. The van der Waals surface area contributed by atoms with Crippen molar-refractivity contribution in [1.29, 1.82) is 0 Å². The molecule has 0 fully saturated rings. The third kappa shape index (κ3) is 6.07. The predicted molar refractivity (Wildman–Crippen MR) is 126 cm³/mol. The lowest BCUT2D eigenvalue weighted by Crippen LogP contribution is -2.15. The van der Waals surface area contributed by atoms with Crippen LogP contribution in [0.5, 0.6) is 11.5 Å². The Bertz CT molecular complexity index is 1070. The summed E-state index contributed by atoms with van der Waals surface area (Å²) in [6.07, 6.45) is 1.39. The van der Waals surface area contributed by atoms with Crippen LogP contribution >= 0.6 is 23.1 Å². The van der Waals surface area contributed by atoms with Gasteiger partial charge in [-0.2, -0.15) is 0 Å². The van der Waals surface area contributed by atoms with Crippen molar-refractivity contribution in [3.8, 4) is 11.5 Å². The summed E-state index contributed by atoms with van der Waals surface area (Å²) in [5, 5.41) is 21.4. The Morgan fingerprint density at radius 3 is 2.72 bits per heavy atom. The van der Waals surface area contributed by atoms with Crippen molar-refractivity contribution in [3.05, 3.63) is 47.8 Å². The molecule has 3 rings (SSSR count). The Balaban J connectivity index is 1.65. The van der Waals surface area contributed by atoms with Gasteiger partial charge in [0.25, 0.3) is 0 Å². The quantitative estimate of drug-likeness (QED) is 0.324. The molecule has 1 atom stereocenters. The van der Waals surface area contributed by atoms with Crippen LogP contribution in [0.4, 0.5) is 5.13 Å². The number of thioether (sulfide) groups is 1. The van der Waals surface area contributed by atoms with Crippen molar-refractivity contribution in [2.45, 2.75) is 44.5 Å². The number of hydrogen-bond donors (Lipinski definition) is 1. The maximum absolute atomic E-state index is 12.4. The van der Waals surface area contributed by atoms with Gasteiger partial charge in [-0.3, -0.25) is 14.7 Å². The summed E-state index contributed by atoms with van der Waals surface area (Å²) in [6, 6.07) is 7.37. The third-order valence-corrected chi connectivity index (χ3v) is 6.39. The van der Waals surface area contributed by atoms with E-state index in [0.717, 1.165) is 5.01 Å². The molecule has 0 radical (unpaired) electrons. The number of aromatic nitrogens is 5. The second-order valence-corrected chi connectivity index (χ2v) is 9.07. The molecule has 1 unspecified atom stereocenters. The molecule has 1 N–H and O–H groups in total. The number of nitrogens with one attached hydrogen (secondary N) is 1. The molecule has 2 aromatic heterocycles. The van der Waals surface area contributed by atoms with Crippen molar-refractivity contribution in [3.63, 3.8) is 0 Å². The summed E-state index contributed by atoms with van der Waals surface area (Å²) in [5.74, 6) is 2.26. The fraction of sp³-hybridized carbons (Fsp3) is 0.381. The van der Waals surface area contributed by atoms with Crippen molar-refractivity contribution in [1.82, 2.24) is 25.0 Å². The van der Waals surface area contributed by atoms with E-state index in [1.54, 1.807) is 13.2 Å². The molecular weight excluding hydrogens is 448 g/mol. The molecule has 1 amide bonds. The molecule has 9 nitrogen and oxygen atoms in total. The molecule has 2 heterocycles. The Kier molecular flexibility index (Phi) is 8.23. The van der Waals surface area contributed by atoms with Gasteiger partial charge in [0.15, 0.2) is 17.1 Å². The molecule has 170 valence electrons. The molecule has 3 aromatic rings. The number of amides is 1. The second kappa shape index (κ2) is 11.1. The zero-order chi connectivity index (χ0) is 23.1. The maximum Gasteiger partial charge on any atom is 0.236 e. The fourth-order valence-corrected chi connectivity index (χ4v) is 4.26. The first-order valence-electron chi connectivity index (χ1n) is 10.0. The standard InChI is InChI=1S/C21H26N6O3S2/c1-6-10-27-18(14(4)30-16-9-7-8-15(11-16)29-5)23-26-21(27)31-12-17(28)22-20-25-24-19(32-20)13(2)3/h6-9,11,13-14H,1,10,12H2,2-5H3,(H,22,25,28). The SMILES string of the molecule is C=CCn1c(SCC(=O)Nc2nnc(C(C)C)s2)nnc1C(C)Oc1cccc(OC)c1. The minimum Gasteiger partial charge on any atom is -0.497 e. The van der Waals surface area contributed by atoms with E-state index in [2.05, 4.69) is 32.3 Å². The van der Waals surface area contributed by atoms with Gasteiger partial charge in [-0.05, 0) is 19.1 Å². The van der Waals surface area contributed by atoms with Gasteiger partial charge in [0.2, 0.25) is 11.0 Å². The summed E-state index contributed by atoms with van der Waals surface area (Å²) in [4.78, 5) is 12.4. The van der Waals surface area contributed by atoms with E-state index in [1.165, 1.54) is 23.1 Å². The van der Waals surface area contributed by atoms with Crippen molar-refractivity contribution in [2.75, 3.05) is 18.2 Å². The first kappa shape index (κ1) is 23.7. The minimum atomic E-state index is -0.367. The summed E-state index contributed by atoms with van der Waals surface area (Å²) < 4.78 is 13.2. The molecular formula is C21H26N6O3S2. The molecule has 0 aliphatic heterocycles. The Hall–Kier alpha value is -2.92. The van der Waals surface area contributed by atoms with Gasteiger partial charge in [-0.25, -0.2) is 0 Å². The van der Waals surface area contributed by atoms with Crippen LogP contribution in [0.2, 0.25) is 0 Å². The Morgan fingerprint density at radius 1 is 1.25 bits per heavy atom. The number of ether oxygens (including phenoxy) is 2. The molecule has 0 spiro atoms. The highest BCUT2D eigenvalue weighted by atomic mass is 32.2. The maximum atomic E-state index is 12.4. The zero-order valence-electron chi connectivity index (χ0n) is 18.4. The smallest absolute Gasteiger partial charge is 0.236 e. The Labute approximate surface area is 195 Å². The molecule has 0 saturated carbocycles. The van der Waals surface area contributed by atoms with Crippen LogP contribution in [0, 0.1) is 0 Å². The van der Waals surface area contributed by atoms with Crippen LogP contribution in [0.1, 0.15) is 43.6 Å². The summed E-state index contributed by atoms with van der Waals surface area (Å²) in [5.41, 5.74) is 0. The first-order valence-corrected chi connectivity index (χ1v) is 11.8. The minimum absolute atomic E-state index is 0.164. The van der Waals surface area contributed by atoms with E-state index >= 15 is 0 Å². The number of anilines is 1. The number of rotatable bonds is 11. The van der Waals surface area contributed by atoms with Crippen molar-refractivity contribution in [2.24, 2.45) is 0 Å². The van der Waals surface area contributed by atoms with Crippen molar-refractivity contribution < 1.29 is 14.3 Å². The average Bonchev–Trinajstić information content (AvgIpc) is 3.40. The number of carbonyl (C=O) groups excluding carboxylic acids is 1. The van der Waals surface area contributed by atoms with Crippen LogP contribution in [0.25, 0.3) is 0 Å². The summed E-state index contributed by atoms with van der Waals surface area (Å²) >= 11 is 2.67. The predicted octanol–water partition coefficient (Wildman–Crippen LogP) is 4.32. The highest BCUT2D eigenvalue weighted by Crippen LogP contribution is 2.27. The van der Waals surface area contributed by atoms with Gasteiger partial charge in [0.05, 0.1) is 12.9 Å². The number of benzene rings is 1. The van der Waals surface area contributed by atoms with Gasteiger partial charge in [-0.1, -0.05) is 49.1 Å². The topological polar surface area (TPSA) is 104 Å². The van der Waals surface area contributed by atoms with Crippen LogP contribution in [-0.4, -0.2) is 43.7 Å². The van der Waals surface area contributed by atoms with E-state index in [-0.39, 0.29) is 23.7 Å². The fourth-order valence-electron chi connectivity index (χ4n) is 2.74. The van der Waals surface area contributed by atoms with Gasteiger partial charge in [0, 0.05) is 18.5 Å². The number of carbonyl (C=O) groups is 1. The van der Waals surface area contributed by atoms with Gasteiger partial charge < -0.3 is 9.47 Å². The van der Waals surface area contributed by atoms with Crippen LogP contribution < -0.4 is 14.8 Å². The molecule has 0 bridgehead atoms. The molecule has 32 heavy (non-hydrogen) atoms. The average molecular weight is 475 g/mol. The van der Waals surface area contributed by atoms with Gasteiger partial charge >= 0.3 is 0 Å². The Morgan fingerprint density at radius 2 is 2.03 bits per heavy atom. The van der Waals surface area contributed by atoms with E-state index < -0.39 is 0 Å². The largest absolute Gasteiger partial charge is 0.497 e. The van der Waals surface area contributed by atoms with Crippen LogP contribution in [-0.2, 0) is 11.3 Å². The normalized spacial score (nSPS) is 11.9.